The van der Waals surface area contributed by atoms with Crippen LogP contribution in [0.5, 0.6) is 0 Å². The van der Waals surface area contributed by atoms with Crippen LogP contribution in [0.1, 0.15) is 6.92 Å². The molecule has 0 radical (unpaired) electrons. The predicted molar refractivity (Wildman–Crippen MR) is 76.2 cm³/mol. The van der Waals surface area contributed by atoms with Gasteiger partial charge in [0.1, 0.15) is 0 Å². The maximum Gasteiger partial charge on any atom is 0.221 e. The SMILES string of the molecule is CC(=O)Nc1ccc(-c2ccc(Cl)cc2Cl)cc1. The quantitative estimate of drug-likeness (QED) is 0.854. The standard InChI is InChI=1S/C14H11Cl2NO/c1-9(18)17-12-5-2-10(3-6-12)13-7-4-11(15)8-14(13)16/h2-8H,1H3,(H,17,18). The summed E-state index contributed by atoms with van der Waals surface area (Å²) in [6.07, 6.45) is 0. The van der Waals surface area contributed by atoms with Crippen molar-refractivity contribution < 1.29 is 4.79 Å². The Bertz CT molecular complexity index is 579. The minimum atomic E-state index is -0.0905. The van der Waals surface area contributed by atoms with Gasteiger partial charge in [-0.3, -0.25) is 4.79 Å². The number of hydrogen-bond acceptors (Lipinski definition) is 1. The van der Waals surface area contributed by atoms with Crippen LogP contribution in [0.3, 0.4) is 0 Å². The molecule has 1 amide bonds. The Morgan fingerprint density at radius 2 is 1.72 bits per heavy atom. The highest BCUT2D eigenvalue weighted by atomic mass is 35.5. The number of anilines is 1. The van der Waals surface area contributed by atoms with Crippen LogP contribution in [0.25, 0.3) is 11.1 Å². The summed E-state index contributed by atoms with van der Waals surface area (Å²) in [7, 11) is 0. The summed E-state index contributed by atoms with van der Waals surface area (Å²) in [5, 5.41) is 3.93. The zero-order valence-electron chi connectivity index (χ0n) is 9.71. The van der Waals surface area contributed by atoms with Gasteiger partial charge in [-0.1, -0.05) is 41.4 Å². The molecular formula is C14H11Cl2NO. The minimum absolute atomic E-state index is 0.0905. The van der Waals surface area contributed by atoms with E-state index in [9.17, 15) is 4.79 Å². The smallest absolute Gasteiger partial charge is 0.221 e. The molecule has 0 fully saturated rings. The second-order valence-corrected chi connectivity index (χ2v) is 4.73. The first-order valence-electron chi connectivity index (χ1n) is 5.39. The molecule has 1 N–H and O–H groups in total. The lowest BCUT2D eigenvalue weighted by molar-refractivity contribution is -0.114. The third kappa shape index (κ3) is 3.03. The summed E-state index contributed by atoms with van der Waals surface area (Å²) in [4.78, 5) is 10.9. The second kappa shape index (κ2) is 5.42. The van der Waals surface area contributed by atoms with Gasteiger partial charge in [0.25, 0.3) is 0 Å². The Labute approximate surface area is 116 Å². The van der Waals surface area contributed by atoms with Crippen molar-refractivity contribution >= 4 is 34.8 Å². The molecule has 0 aliphatic heterocycles. The highest BCUT2D eigenvalue weighted by Gasteiger charge is 2.04. The van der Waals surface area contributed by atoms with Crippen molar-refractivity contribution in [2.24, 2.45) is 0 Å². The number of amides is 1. The van der Waals surface area contributed by atoms with E-state index < -0.39 is 0 Å². The predicted octanol–water partition coefficient (Wildman–Crippen LogP) is 4.62. The molecule has 0 aliphatic rings. The molecular weight excluding hydrogens is 269 g/mol. The normalized spacial score (nSPS) is 10.2. The maximum atomic E-state index is 10.9. The summed E-state index contributed by atoms with van der Waals surface area (Å²) in [5.74, 6) is -0.0905. The van der Waals surface area contributed by atoms with Gasteiger partial charge in [-0.25, -0.2) is 0 Å². The van der Waals surface area contributed by atoms with E-state index in [1.165, 1.54) is 6.92 Å². The summed E-state index contributed by atoms with van der Waals surface area (Å²) in [6, 6.07) is 12.9. The Kier molecular flexibility index (Phi) is 3.90. The van der Waals surface area contributed by atoms with Gasteiger partial charge in [0.2, 0.25) is 5.91 Å². The third-order valence-electron chi connectivity index (χ3n) is 2.45. The van der Waals surface area contributed by atoms with Crippen molar-refractivity contribution in [3.63, 3.8) is 0 Å². The van der Waals surface area contributed by atoms with Crippen molar-refractivity contribution in [3.8, 4) is 11.1 Å². The molecule has 0 saturated carbocycles. The zero-order valence-corrected chi connectivity index (χ0v) is 11.2. The van der Waals surface area contributed by atoms with Crippen molar-refractivity contribution in [1.29, 1.82) is 0 Å². The molecule has 0 spiro atoms. The average molecular weight is 280 g/mol. The van der Waals surface area contributed by atoms with Gasteiger partial charge < -0.3 is 5.32 Å². The molecule has 2 nitrogen and oxygen atoms in total. The van der Waals surface area contributed by atoms with E-state index in [0.717, 1.165) is 16.8 Å². The molecule has 18 heavy (non-hydrogen) atoms. The first-order chi connectivity index (χ1) is 8.56. The molecule has 0 aliphatic carbocycles. The number of rotatable bonds is 2. The van der Waals surface area contributed by atoms with E-state index in [4.69, 9.17) is 23.2 Å². The summed E-state index contributed by atoms with van der Waals surface area (Å²) in [6.45, 7) is 1.48. The molecule has 0 unspecified atom stereocenters. The number of carbonyl (C=O) groups excluding carboxylic acids is 1. The number of benzene rings is 2. The number of halogens is 2. The van der Waals surface area contributed by atoms with Gasteiger partial charge in [0.05, 0.1) is 0 Å². The van der Waals surface area contributed by atoms with Crippen molar-refractivity contribution in [1.82, 2.24) is 0 Å². The Hall–Kier alpha value is -1.51. The highest BCUT2D eigenvalue weighted by molar-refractivity contribution is 6.36. The van der Waals surface area contributed by atoms with Crippen LogP contribution in [0.15, 0.2) is 42.5 Å². The Morgan fingerprint density at radius 1 is 1.06 bits per heavy atom. The van der Waals surface area contributed by atoms with E-state index in [0.29, 0.717) is 10.0 Å². The zero-order chi connectivity index (χ0) is 13.1. The lowest BCUT2D eigenvalue weighted by Gasteiger charge is -2.07. The monoisotopic (exact) mass is 279 g/mol. The third-order valence-corrected chi connectivity index (χ3v) is 3.00. The topological polar surface area (TPSA) is 29.1 Å². The van der Waals surface area contributed by atoms with Crippen LogP contribution in [-0.4, -0.2) is 5.91 Å². The number of carbonyl (C=O) groups is 1. The summed E-state index contributed by atoms with van der Waals surface area (Å²) < 4.78 is 0. The van der Waals surface area contributed by atoms with Crippen LogP contribution in [0, 0.1) is 0 Å². The molecule has 2 aromatic rings. The van der Waals surface area contributed by atoms with Crippen LogP contribution in [0.2, 0.25) is 10.0 Å². The van der Waals surface area contributed by atoms with E-state index in [1.54, 1.807) is 12.1 Å². The van der Waals surface area contributed by atoms with Crippen LogP contribution in [0.4, 0.5) is 5.69 Å². The van der Waals surface area contributed by atoms with E-state index in [-0.39, 0.29) is 5.91 Å². The maximum absolute atomic E-state index is 10.9. The molecule has 0 aromatic heterocycles. The molecule has 2 rings (SSSR count). The molecule has 0 atom stereocenters. The van der Waals surface area contributed by atoms with E-state index in [2.05, 4.69) is 5.32 Å². The number of hydrogen-bond donors (Lipinski definition) is 1. The van der Waals surface area contributed by atoms with Crippen LogP contribution in [-0.2, 0) is 4.79 Å². The minimum Gasteiger partial charge on any atom is -0.326 e. The van der Waals surface area contributed by atoms with Crippen LogP contribution >= 0.6 is 23.2 Å². The Morgan fingerprint density at radius 3 is 2.28 bits per heavy atom. The first-order valence-corrected chi connectivity index (χ1v) is 6.15. The molecule has 0 saturated heterocycles. The molecule has 92 valence electrons. The molecule has 4 heteroatoms. The van der Waals surface area contributed by atoms with E-state index in [1.807, 2.05) is 30.3 Å². The van der Waals surface area contributed by atoms with Crippen LogP contribution < -0.4 is 5.32 Å². The summed E-state index contributed by atoms with van der Waals surface area (Å²) in [5.41, 5.74) is 2.65. The van der Waals surface area contributed by atoms with Gasteiger partial charge in [0, 0.05) is 28.2 Å². The fourth-order valence-corrected chi connectivity index (χ4v) is 2.18. The summed E-state index contributed by atoms with van der Waals surface area (Å²) >= 11 is 12.0. The average Bonchev–Trinajstić information content (AvgIpc) is 2.30. The highest BCUT2D eigenvalue weighted by Crippen LogP contribution is 2.30. The van der Waals surface area contributed by atoms with Crippen molar-refractivity contribution in [3.05, 3.63) is 52.5 Å². The number of nitrogens with one attached hydrogen (secondary N) is 1. The lowest BCUT2D eigenvalue weighted by atomic mass is 10.1. The second-order valence-electron chi connectivity index (χ2n) is 3.88. The fraction of sp³-hybridized carbons (Fsp3) is 0.0714. The van der Waals surface area contributed by atoms with Gasteiger partial charge in [-0.2, -0.15) is 0 Å². The molecule has 0 bridgehead atoms. The molecule has 2 aromatic carbocycles. The molecule has 0 heterocycles. The Balaban J connectivity index is 2.31. The lowest BCUT2D eigenvalue weighted by Crippen LogP contribution is -2.05. The van der Waals surface area contributed by atoms with Crippen molar-refractivity contribution in [2.45, 2.75) is 6.92 Å². The first kappa shape index (κ1) is 12.9. The van der Waals surface area contributed by atoms with Gasteiger partial charge in [0.15, 0.2) is 0 Å². The van der Waals surface area contributed by atoms with Crippen molar-refractivity contribution in [2.75, 3.05) is 5.32 Å². The van der Waals surface area contributed by atoms with E-state index >= 15 is 0 Å². The van der Waals surface area contributed by atoms with Gasteiger partial charge in [-0.15, -0.1) is 0 Å². The fourth-order valence-electron chi connectivity index (χ4n) is 1.66. The largest absolute Gasteiger partial charge is 0.326 e. The van der Waals surface area contributed by atoms with Gasteiger partial charge in [-0.05, 0) is 29.8 Å². The van der Waals surface area contributed by atoms with Gasteiger partial charge >= 0.3 is 0 Å².